The molecule has 0 saturated heterocycles. The van der Waals surface area contributed by atoms with Crippen molar-refractivity contribution in [3.05, 3.63) is 65.2 Å². The van der Waals surface area contributed by atoms with Crippen LogP contribution in [0, 0.1) is 11.6 Å². The quantitative estimate of drug-likeness (QED) is 0.903. The van der Waals surface area contributed by atoms with Gasteiger partial charge in [0.05, 0.1) is 12.1 Å². The molecule has 0 heterocycles. The standard InChI is InChI=1S/C17H17F2NO/c1-20-17(12-8-13(18)10-14(19)9-12)11-2-4-15(5-3-11)21-16-6-7-16/h2-5,8-10,16-17,20H,6-7H2,1H3. The highest BCUT2D eigenvalue weighted by Crippen LogP contribution is 2.29. The second kappa shape index (κ2) is 5.82. The zero-order chi connectivity index (χ0) is 14.8. The molecule has 0 spiro atoms. The van der Waals surface area contributed by atoms with Gasteiger partial charge >= 0.3 is 0 Å². The van der Waals surface area contributed by atoms with Gasteiger partial charge in [-0.05, 0) is 55.3 Å². The Kier molecular flexibility index (Phi) is 3.88. The van der Waals surface area contributed by atoms with Crippen LogP contribution in [-0.4, -0.2) is 13.2 Å². The summed E-state index contributed by atoms with van der Waals surface area (Å²) in [7, 11) is 1.77. The van der Waals surface area contributed by atoms with Gasteiger partial charge in [-0.1, -0.05) is 12.1 Å². The molecule has 110 valence electrons. The molecule has 0 amide bonds. The molecule has 1 unspecified atom stereocenters. The number of halogens is 2. The van der Waals surface area contributed by atoms with Crippen molar-refractivity contribution >= 4 is 0 Å². The summed E-state index contributed by atoms with van der Waals surface area (Å²) in [5.74, 6) is -0.306. The van der Waals surface area contributed by atoms with E-state index in [2.05, 4.69) is 5.32 Å². The summed E-state index contributed by atoms with van der Waals surface area (Å²) in [4.78, 5) is 0. The molecule has 0 radical (unpaired) electrons. The predicted octanol–water partition coefficient (Wildman–Crippen LogP) is 3.81. The minimum atomic E-state index is -0.570. The van der Waals surface area contributed by atoms with Gasteiger partial charge < -0.3 is 10.1 Å². The summed E-state index contributed by atoms with van der Waals surface area (Å²) in [6, 6.07) is 10.9. The van der Waals surface area contributed by atoms with Crippen molar-refractivity contribution in [3.8, 4) is 5.75 Å². The van der Waals surface area contributed by atoms with Crippen molar-refractivity contribution in [2.24, 2.45) is 0 Å². The van der Waals surface area contributed by atoms with Crippen molar-refractivity contribution < 1.29 is 13.5 Å². The van der Waals surface area contributed by atoms with Crippen LogP contribution in [0.25, 0.3) is 0 Å². The first-order valence-electron chi connectivity index (χ1n) is 7.05. The highest BCUT2D eigenvalue weighted by atomic mass is 19.1. The Morgan fingerprint density at radius 1 is 1.00 bits per heavy atom. The minimum absolute atomic E-state index is 0.259. The van der Waals surface area contributed by atoms with E-state index in [1.54, 1.807) is 7.05 Å². The molecule has 2 aromatic carbocycles. The number of benzene rings is 2. The Morgan fingerprint density at radius 2 is 1.62 bits per heavy atom. The Morgan fingerprint density at radius 3 is 2.14 bits per heavy atom. The molecule has 21 heavy (non-hydrogen) atoms. The first-order chi connectivity index (χ1) is 10.2. The Hall–Kier alpha value is -1.94. The highest BCUT2D eigenvalue weighted by Gasteiger charge is 2.23. The largest absolute Gasteiger partial charge is 0.490 e. The Labute approximate surface area is 122 Å². The number of nitrogens with one attached hydrogen (secondary N) is 1. The summed E-state index contributed by atoms with van der Waals surface area (Å²) < 4.78 is 32.4. The maximum Gasteiger partial charge on any atom is 0.126 e. The van der Waals surface area contributed by atoms with Crippen molar-refractivity contribution in [1.29, 1.82) is 0 Å². The average Bonchev–Trinajstić information content (AvgIpc) is 3.24. The van der Waals surface area contributed by atoms with Gasteiger partial charge in [-0.15, -0.1) is 0 Å². The lowest BCUT2D eigenvalue weighted by molar-refractivity contribution is 0.303. The van der Waals surface area contributed by atoms with Gasteiger partial charge in [0.1, 0.15) is 17.4 Å². The third-order valence-corrected chi connectivity index (χ3v) is 3.55. The first-order valence-corrected chi connectivity index (χ1v) is 7.05. The maximum atomic E-state index is 13.4. The van der Waals surface area contributed by atoms with E-state index in [0.717, 1.165) is 30.2 Å². The smallest absolute Gasteiger partial charge is 0.126 e. The highest BCUT2D eigenvalue weighted by molar-refractivity contribution is 5.36. The van der Waals surface area contributed by atoms with Gasteiger partial charge in [0.2, 0.25) is 0 Å². The maximum absolute atomic E-state index is 13.4. The Bertz CT molecular complexity index is 603. The van der Waals surface area contributed by atoms with Crippen LogP contribution in [0.15, 0.2) is 42.5 Å². The van der Waals surface area contributed by atoms with Crippen molar-refractivity contribution in [2.75, 3.05) is 7.05 Å². The Balaban J connectivity index is 1.84. The molecule has 2 nitrogen and oxygen atoms in total. The molecule has 1 N–H and O–H groups in total. The summed E-state index contributed by atoms with van der Waals surface area (Å²) in [6.45, 7) is 0. The van der Waals surface area contributed by atoms with Gasteiger partial charge in [0.25, 0.3) is 0 Å². The fourth-order valence-corrected chi connectivity index (χ4v) is 2.38. The van der Waals surface area contributed by atoms with Crippen LogP contribution in [0.1, 0.15) is 30.0 Å². The van der Waals surface area contributed by atoms with Crippen LogP contribution < -0.4 is 10.1 Å². The number of hydrogen-bond acceptors (Lipinski definition) is 2. The molecule has 0 aliphatic heterocycles. The molecule has 2 aromatic rings. The van der Waals surface area contributed by atoms with E-state index in [1.807, 2.05) is 24.3 Å². The predicted molar refractivity (Wildman–Crippen MR) is 77.4 cm³/mol. The van der Waals surface area contributed by atoms with Crippen LogP contribution >= 0.6 is 0 Å². The van der Waals surface area contributed by atoms with Crippen molar-refractivity contribution in [3.63, 3.8) is 0 Å². The molecule has 1 fully saturated rings. The van der Waals surface area contributed by atoms with Gasteiger partial charge in [-0.25, -0.2) is 8.78 Å². The molecule has 1 atom stereocenters. The van der Waals surface area contributed by atoms with E-state index < -0.39 is 11.6 Å². The zero-order valence-corrected chi connectivity index (χ0v) is 11.8. The normalized spacial score (nSPS) is 15.8. The molecular formula is C17H17F2NO. The molecule has 1 saturated carbocycles. The minimum Gasteiger partial charge on any atom is -0.490 e. The lowest BCUT2D eigenvalue weighted by atomic mass is 9.98. The van der Waals surface area contributed by atoms with Crippen LogP contribution in [0.2, 0.25) is 0 Å². The second-order valence-corrected chi connectivity index (χ2v) is 5.31. The fourth-order valence-electron chi connectivity index (χ4n) is 2.38. The molecule has 1 aliphatic carbocycles. The molecule has 4 heteroatoms. The number of rotatable bonds is 5. The SMILES string of the molecule is CNC(c1ccc(OC2CC2)cc1)c1cc(F)cc(F)c1. The molecular weight excluding hydrogens is 272 g/mol. The van der Waals surface area contributed by atoms with Crippen LogP contribution in [0.4, 0.5) is 8.78 Å². The van der Waals surface area contributed by atoms with Crippen molar-refractivity contribution in [2.45, 2.75) is 25.0 Å². The van der Waals surface area contributed by atoms with E-state index in [1.165, 1.54) is 12.1 Å². The number of ether oxygens (including phenoxy) is 1. The van der Waals surface area contributed by atoms with Crippen molar-refractivity contribution in [1.82, 2.24) is 5.32 Å². The van der Waals surface area contributed by atoms with E-state index in [-0.39, 0.29) is 6.04 Å². The second-order valence-electron chi connectivity index (χ2n) is 5.31. The van der Waals surface area contributed by atoms with Gasteiger partial charge in [-0.2, -0.15) is 0 Å². The van der Waals surface area contributed by atoms with Gasteiger partial charge in [0, 0.05) is 6.07 Å². The van der Waals surface area contributed by atoms with E-state index in [0.29, 0.717) is 11.7 Å². The lowest BCUT2D eigenvalue weighted by Crippen LogP contribution is -2.18. The molecule has 1 aliphatic rings. The summed E-state index contributed by atoms with van der Waals surface area (Å²) in [6.07, 6.45) is 2.58. The summed E-state index contributed by atoms with van der Waals surface area (Å²) in [5.41, 5.74) is 1.50. The van der Waals surface area contributed by atoms with Crippen LogP contribution in [0.3, 0.4) is 0 Å². The summed E-state index contributed by atoms with van der Waals surface area (Å²) >= 11 is 0. The molecule has 0 aromatic heterocycles. The van der Waals surface area contributed by atoms with Gasteiger partial charge in [-0.3, -0.25) is 0 Å². The van der Waals surface area contributed by atoms with Crippen LogP contribution in [0.5, 0.6) is 5.75 Å². The third-order valence-electron chi connectivity index (χ3n) is 3.55. The zero-order valence-electron chi connectivity index (χ0n) is 11.8. The molecule has 3 rings (SSSR count). The fraction of sp³-hybridized carbons (Fsp3) is 0.294. The number of hydrogen-bond donors (Lipinski definition) is 1. The third kappa shape index (κ3) is 3.39. The first kappa shape index (κ1) is 14.0. The average molecular weight is 289 g/mol. The van der Waals surface area contributed by atoms with E-state index in [4.69, 9.17) is 4.74 Å². The van der Waals surface area contributed by atoms with Crippen LogP contribution in [-0.2, 0) is 0 Å². The lowest BCUT2D eigenvalue weighted by Gasteiger charge is -2.18. The monoisotopic (exact) mass is 289 g/mol. The van der Waals surface area contributed by atoms with Gasteiger partial charge in [0.15, 0.2) is 0 Å². The summed E-state index contributed by atoms with van der Waals surface area (Å²) in [5, 5.41) is 3.09. The molecule has 0 bridgehead atoms. The van der Waals surface area contributed by atoms with E-state index >= 15 is 0 Å². The van der Waals surface area contributed by atoms with E-state index in [9.17, 15) is 8.78 Å². The topological polar surface area (TPSA) is 21.3 Å².